The minimum Gasteiger partial charge on any atom is -0.378 e. The second-order valence-electron chi connectivity index (χ2n) is 3.35. The van der Waals surface area contributed by atoms with Gasteiger partial charge in [-0.2, -0.15) is 0 Å². The first-order valence-corrected chi connectivity index (χ1v) is 4.71. The Morgan fingerprint density at radius 2 is 2.08 bits per heavy atom. The molecule has 2 heteroatoms. The van der Waals surface area contributed by atoms with Crippen LogP contribution in [0.5, 0.6) is 0 Å². The van der Waals surface area contributed by atoms with E-state index in [4.69, 9.17) is 0 Å². The summed E-state index contributed by atoms with van der Waals surface area (Å²) in [5.74, 6) is 0.298. The van der Waals surface area contributed by atoms with Crippen LogP contribution in [-0.2, 0) is 0 Å². The molecule has 1 atom stereocenters. The van der Waals surface area contributed by atoms with Gasteiger partial charge in [0.15, 0.2) is 0 Å². The van der Waals surface area contributed by atoms with Crippen molar-refractivity contribution in [3.8, 4) is 0 Å². The standard InChI is InChI=1S/C10H21NO/c1-4-5-6-7-8-11-10(12)9(2)3/h4-5,9-12H,6-8H2,1-3H3/b5-4-. The predicted octanol–water partition coefficient (Wildman–Crippen LogP) is 1.91. The maximum absolute atomic E-state index is 9.35. The Morgan fingerprint density at radius 3 is 2.58 bits per heavy atom. The molecule has 0 bridgehead atoms. The van der Waals surface area contributed by atoms with E-state index < -0.39 is 0 Å². The molecule has 0 heterocycles. The van der Waals surface area contributed by atoms with E-state index in [2.05, 4.69) is 17.5 Å². The highest BCUT2D eigenvalue weighted by molar-refractivity contribution is 4.76. The van der Waals surface area contributed by atoms with Crippen LogP contribution in [0.1, 0.15) is 33.6 Å². The van der Waals surface area contributed by atoms with Crippen LogP contribution in [0.15, 0.2) is 12.2 Å². The summed E-state index contributed by atoms with van der Waals surface area (Å²) >= 11 is 0. The summed E-state index contributed by atoms with van der Waals surface area (Å²) in [7, 11) is 0. The van der Waals surface area contributed by atoms with Crippen LogP contribution in [0, 0.1) is 5.92 Å². The van der Waals surface area contributed by atoms with Crippen molar-refractivity contribution < 1.29 is 5.11 Å². The predicted molar refractivity (Wildman–Crippen MR) is 52.9 cm³/mol. The third-order valence-corrected chi connectivity index (χ3v) is 1.77. The average Bonchev–Trinajstić information content (AvgIpc) is 2.03. The summed E-state index contributed by atoms with van der Waals surface area (Å²) in [6.45, 7) is 6.92. The molecule has 0 aliphatic heterocycles. The van der Waals surface area contributed by atoms with E-state index in [1.54, 1.807) is 0 Å². The molecule has 0 aliphatic carbocycles. The summed E-state index contributed by atoms with van der Waals surface area (Å²) in [4.78, 5) is 0. The summed E-state index contributed by atoms with van der Waals surface area (Å²) in [6.07, 6.45) is 6.03. The van der Waals surface area contributed by atoms with Crippen molar-refractivity contribution in [2.45, 2.75) is 39.8 Å². The number of nitrogens with one attached hydrogen (secondary N) is 1. The van der Waals surface area contributed by atoms with Crippen LogP contribution in [0.2, 0.25) is 0 Å². The van der Waals surface area contributed by atoms with Gasteiger partial charge < -0.3 is 5.11 Å². The number of aliphatic hydroxyl groups excluding tert-OH is 1. The lowest BCUT2D eigenvalue weighted by Crippen LogP contribution is -2.33. The zero-order valence-corrected chi connectivity index (χ0v) is 8.38. The molecule has 72 valence electrons. The Kier molecular flexibility index (Phi) is 7.11. The lowest BCUT2D eigenvalue weighted by molar-refractivity contribution is 0.0907. The highest BCUT2D eigenvalue weighted by Gasteiger charge is 2.05. The number of aliphatic hydroxyl groups is 1. The van der Waals surface area contributed by atoms with Crippen molar-refractivity contribution in [3.05, 3.63) is 12.2 Å². The molecule has 0 aromatic heterocycles. The van der Waals surface area contributed by atoms with E-state index >= 15 is 0 Å². The van der Waals surface area contributed by atoms with Gasteiger partial charge in [-0.25, -0.2) is 0 Å². The monoisotopic (exact) mass is 171 g/mol. The van der Waals surface area contributed by atoms with E-state index in [9.17, 15) is 5.11 Å². The van der Waals surface area contributed by atoms with Gasteiger partial charge in [0.1, 0.15) is 6.23 Å². The molecule has 0 aromatic rings. The molecule has 0 saturated heterocycles. The zero-order chi connectivity index (χ0) is 9.40. The first kappa shape index (κ1) is 11.7. The molecule has 0 radical (unpaired) electrons. The lowest BCUT2D eigenvalue weighted by Gasteiger charge is -2.15. The molecule has 12 heavy (non-hydrogen) atoms. The van der Waals surface area contributed by atoms with Crippen molar-refractivity contribution in [2.75, 3.05) is 6.54 Å². The zero-order valence-electron chi connectivity index (χ0n) is 8.38. The third-order valence-electron chi connectivity index (χ3n) is 1.77. The fourth-order valence-electron chi connectivity index (χ4n) is 0.872. The Balaban J connectivity index is 3.19. The summed E-state index contributed by atoms with van der Waals surface area (Å²) in [5.41, 5.74) is 0. The van der Waals surface area contributed by atoms with Gasteiger partial charge in [-0.05, 0) is 32.2 Å². The van der Waals surface area contributed by atoms with Gasteiger partial charge in [0, 0.05) is 0 Å². The maximum Gasteiger partial charge on any atom is 0.107 e. The SMILES string of the molecule is C/C=C\CCCNC(O)C(C)C. The molecule has 2 nitrogen and oxygen atoms in total. The van der Waals surface area contributed by atoms with Gasteiger partial charge in [0.05, 0.1) is 0 Å². The topological polar surface area (TPSA) is 32.3 Å². The number of hydrogen-bond acceptors (Lipinski definition) is 2. The summed E-state index contributed by atoms with van der Waals surface area (Å²) < 4.78 is 0. The van der Waals surface area contributed by atoms with Gasteiger partial charge in [0.25, 0.3) is 0 Å². The molecular formula is C10H21NO. The van der Waals surface area contributed by atoms with Crippen molar-refractivity contribution in [3.63, 3.8) is 0 Å². The molecule has 2 N–H and O–H groups in total. The van der Waals surface area contributed by atoms with E-state index in [1.807, 2.05) is 20.8 Å². The molecule has 0 rings (SSSR count). The molecule has 0 fully saturated rings. The highest BCUT2D eigenvalue weighted by atomic mass is 16.3. The molecular weight excluding hydrogens is 150 g/mol. The fraction of sp³-hybridized carbons (Fsp3) is 0.800. The second-order valence-corrected chi connectivity index (χ2v) is 3.35. The highest BCUT2D eigenvalue weighted by Crippen LogP contribution is 1.97. The quantitative estimate of drug-likeness (QED) is 0.363. The number of rotatable bonds is 6. The third kappa shape index (κ3) is 6.38. The first-order chi connectivity index (χ1) is 5.68. The minimum absolute atomic E-state index is 0.298. The van der Waals surface area contributed by atoms with Crippen molar-refractivity contribution in [1.29, 1.82) is 0 Å². The van der Waals surface area contributed by atoms with E-state index in [-0.39, 0.29) is 6.23 Å². The molecule has 0 spiro atoms. The van der Waals surface area contributed by atoms with Crippen LogP contribution in [-0.4, -0.2) is 17.9 Å². The molecule has 0 saturated carbocycles. The molecule has 1 unspecified atom stereocenters. The number of allylic oxidation sites excluding steroid dienone is 2. The van der Waals surface area contributed by atoms with Gasteiger partial charge in [0.2, 0.25) is 0 Å². The fourth-order valence-corrected chi connectivity index (χ4v) is 0.872. The van der Waals surface area contributed by atoms with Crippen LogP contribution < -0.4 is 5.32 Å². The van der Waals surface area contributed by atoms with Crippen LogP contribution >= 0.6 is 0 Å². The maximum atomic E-state index is 9.35. The Morgan fingerprint density at radius 1 is 1.42 bits per heavy atom. The van der Waals surface area contributed by atoms with Crippen molar-refractivity contribution in [2.24, 2.45) is 5.92 Å². The van der Waals surface area contributed by atoms with E-state index in [0.29, 0.717) is 5.92 Å². The molecule has 0 amide bonds. The normalized spacial score (nSPS) is 14.4. The summed E-state index contributed by atoms with van der Waals surface area (Å²) in [6, 6.07) is 0. The van der Waals surface area contributed by atoms with Gasteiger partial charge in [-0.15, -0.1) is 0 Å². The van der Waals surface area contributed by atoms with E-state index in [0.717, 1.165) is 19.4 Å². The number of hydrogen-bond donors (Lipinski definition) is 2. The second kappa shape index (κ2) is 7.32. The van der Waals surface area contributed by atoms with Crippen molar-refractivity contribution >= 4 is 0 Å². The minimum atomic E-state index is -0.351. The van der Waals surface area contributed by atoms with Gasteiger partial charge in [-0.1, -0.05) is 26.0 Å². The van der Waals surface area contributed by atoms with Crippen molar-refractivity contribution in [1.82, 2.24) is 5.32 Å². The Hall–Kier alpha value is -0.340. The van der Waals surface area contributed by atoms with Crippen LogP contribution in [0.3, 0.4) is 0 Å². The van der Waals surface area contributed by atoms with Gasteiger partial charge in [-0.3, -0.25) is 5.32 Å². The summed E-state index contributed by atoms with van der Waals surface area (Å²) in [5, 5.41) is 12.4. The largest absolute Gasteiger partial charge is 0.378 e. The average molecular weight is 171 g/mol. The molecule has 0 aromatic carbocycles. The molecule has 0 aliphatic rings. The van der Waals surface area contributed by atoms with E-state index in [1.165, 1.54) is 0 Å². The Labute approximate surface area is 75.7 Å². The Bertz CT molecular complexity index is 121. The van der Waals surface area contributed by atoms with Crippen LogP contribution in [0.4, 0.5) is 0 Å². The lowest BCUT2D eigenvalue weighted by atomic mass is 10.2. The van der Waals surface area contributed by atoms with Crippen LogP contribution in [0.25, 0.3) is 0 Å². The van der Waals surface area contributed by atoms with Gasteiger partial charge >= 0.3 is 0 Å². The number of unbranched alkanes of at least 4 members (excludes halogenated alkanes) is 1. The smallest absolute Gasteiger partial charge is 0.107 e. The first-order valence-electron chi connectivity index (χ1n) is 4.71.